The number of carboxylic acids is 1. The fourth-order valence-electron chi connectivity index (χ4n) is 1.29. The van der Waals surface area contributed by atoms with E-state index in [1.54, 1.807) is 0 Å². The number of hydrogen-bond acceptors (Lipinski definition) is 3. The Bertz CT molecular complexity index is 210. The maximum atomic E-state index is 11.2. The van der Waals surface area contributed by atoms with E-state index in [1.165, 1.54) is 4.90 Å². The molecule has 1 saturated heterocycles. The second-order valence-electron chi connectivity index (χ2n) is 2.90. The lowest BCUT2D eigenvalue weighted by atomic mass is 10.1. The summed E-state index contributed by atoms with van der Waals surface area (Å²) in [4.78, 5) is 22.8. The third-order valence-corrected chi connectivity index (χ3v) is 1.90. The Hall–Kier alpha value is -0.810. The number of carbonyl (C=O) groups is 2. The summed E-state index contributed by atoms with van der Waals surface area (Å²) >= 11 is 0. The van der Waals surface area contributed by atoms with Gasteiger partial charge in [0, 0.05) is 6.54 Å². The van der Waals surface area contributed by atoms with Crippen LogP contribution in [0.4, 0.5) is 0 Å². The third kappa shape index (κ3) is 3.20. The summed E-state index contributed by atoms with van der Waals surface area (Å²) in [5.41, 5.74) is 5.46. The van der Waals surface area contributed by atoms with Crippen molar-refractivity contribution in [3.8, 4) is 0 Å². The summed E-state index contributed by atoms with van der Waals surface area (Å²) < 4.78 is 0. The molecule has 0 saturated carbocycles. The largest absolute Gasteiger partial charge is 0.480 e. The summed E-state index contributed by atoms with van der Waals surface area (Å²) in [5.74, 6) is -1.24. The number of halogens is 1. The maximum absolute atomic E-state index is 11.2. The van der Waals surface area contributed by atoms with Crippen molar-refractivity contribution in [2.45, 2.75) is 18.9 Å². The standard InChI is InChI=1S/C7H12N2O3.ClH/c8-5-2-1-3-9(7(5)12)4-6(10)11;/h5H,1-4,8H2,(H,10,11);1H/t5-;/m0./s1. The van der Waals surface area contributed by atoms with Gasteiger partial charge in [0.05, 0.1) is 6.04 Å². The highest BCUT2D eigenvalue weighted by Gasteiger charge is 2.26. The first-order valence-corrected chi connectivity index (χ1v) is 3.87. The quantitative estimate of drug-likeness (QED) is 0.638. The van der Waals surface area contributed by atoms with Gasteiger partial charge in [0.15, 0.2) is 0 Å². The van der Waals surface area contributed by atoms with Crippen LogP contribution in [0.15, 0.2) is 0 Å². The first-order chi connectivity index (χ1) is 5.61. The zero-order valence-corrected chi connectivity index (χ0v) is 7.92. The number of likely N-dealkylation sites (tertiary alicyclic amines) is 1. The van der Waals surface area contributed by atoms with Gasteiger partial charge in [0.1, 0.15) is 6.54 Å². The second-order valence-corrected chi connectivity index (χ2v) is 2.90. The molecule has 0 spiro atoms. The lowest BCUT2D eigenvalue weighted by Crippen LogP contribution is -2.49. The molecule has 5 nitrogen and oxygen atoms in total. The number of hydrogen-bond donors (Lipinski definition) is 2. The van der Waals surface area contributed by atoms with Gasteiger partial charge in [-0.25, -0.2) is 0 Å². The number of piperidine rings is 1. The van der Waals surface area contributed by atoms with Crippen molar-refractivity contribution in [2.75, 3.05) is 13.1 Å². The summed E-state index contributed by atoms with van der Waals surface area (Å²) in [6.07, 6.45) is 1.45. The van der Waals surface area contributed by atoms with Crippen molar-refractivity contribution in [3.63, 3.8) is 0 Å². The Morgan fingerprint density at radius 3 is 2.85 bits per heavy atom. The Labute approximate surface area is 82.3 Å². The highest BCUT2D eigenvalue weighted by molar-refractivity contribution is 5.86. The number of amides is 1. The molecule has 1 fully saturated rings. The maximum Gasteiger partial charge on any atom is 0.323 e. The fourth-order valence-corrected chi connectivity index (χ4v) is 1.29. The Kier molecular flexibility index (Phi) is 4.72. The van der Waals surface area contributed by atoms with Crippen molar-refractivity contribution in [1.29, 1.82) is 0 Å². The van der Waals surface area contributed by atoms with Gasteiger partial charge in [-0.1, -0.05) is 0 Å². The van der Waals surface area contributed by atoms with E-state index >= 15 is 0 Å². The second kappa shape index (κ2) is 5.04. The molecule has 0 aromatic rings. The molecule has 1 aliphatic heterocycles. The summed E-state index contributed by atoms with van der Waals surface area (Å²) in [7, 11) is 0. The SMILES string of the molecule is Cl.N[C@H]1CCCN(CC(=O)O)C1=O. The number of rotatable bonds is 2. The molecule has 0 bridgehead atoms. The van der Waals surface area contributed by atoms with Gasteiger partial charge in [-0.05, 0) is 12.8 Å². The van der Waals surface area contributed by atoms with Crippen molar-refractivity contribution >= 4 is 24.3 Å². The van der Waals surface area contributed by atoms with Crippen molar-refractivity contribution < 1.29 is 14.7 Å². The number of carboxylic acid groups (broad SMARTS) is 1. The number of nitrogens with zero attached hydrogens (tertiary/aromatic N) is 1. The van der Waals surface area contributed by atoms with Crippen LogP contribution in [0.1, 0.15) is 12.8 Å². The average molecular weight is 209 g/mol. The van der Waals surface area contributed by atoms with Crippen LogP contribution in [0.25, 0.3) is 0 Å². The minimum absolute atomic E-state index is 0. The monoisotopic (exact) mass is 208 g/mol. The lowest BCUT2D eigenvalue weighted by Gasteiger charge is -2.28. The van der Waals surface area contributed by atoms with Gasteiger partial charge in [-0.15, -0.1) is 12.4 Å². The highest BCUT2D eigenvalue weighted by atomic mass is 35.5. The van der Waals surface area contributed by atoms with E-state index in [0.29, 0.717) is 13.0 Å². The van der Waals surface area contributed by atoms with E-state index in [1.807, 2.05) is 0 Å². The van der Waals surface area contributed by atoms with Gasteiger partial charge in [-0.2, -0.15) is 0 Å². The van der Waals surface area contributed by atoms with E-state index in [-0.39, 0.29) is 24.9 Å². The molecule has 0 unspecified atom stereocenters. The van der Waals surface area contributed by atoms with Crippen LogP contribution >= 0.6 is 12.4 Å². The van der Waals surface area contributed by atoms with Crippen molar-refractivity contribution in [3.05, 3.63) is 0 Å². The van der Waals surface area contributed by atoms with Crippen LogP contribution in [0.2, 0.25) is 0 Å². The normalized spacial score (nSPS) is 22.4. The highest BCUT2D eigenvalue weighted by Crippen LogP contribution is 2.08. The van der Waals surface area contributed by atoms with E-state index in [0.717, 1.165) is 6.42 Å². The molecule has 1 heterocycles. The molecule has 3 N–H and O–H groups in total. The first kappa shape index (κ1) is 12.2. The smallest absolute Gasteiger partial charge is 0.323 e. The number of aliphatic carboxylic acids is 1. The van der Waals surface area contributed by atoms with Crippen LogP contribution in [-0.2, 0) is 9.59 Å². The Morgan fingerprint density at radius 2 is 2.31 bits per heavy atom. The number of carbonyl (C=O) groups excluding carboxylic acids is 1. The average Bonchev–Trinajstić information content (AvgIpc) is 1.98. The third-order valence-electron chi connectivity index (χ3n) is 1.90. The zero-order chi connectivity index (χ0) is 9.14. The zero-order valence-electron chi connectivity index (χ0n) is 7.10. The lowest BCUT2D eigenvalue weighted by molar-refractivity contribution is -0.146. The van der Waals surface area contributed by atoms with Crippen LogP contribution in [0.3, 0.4) is 0 Å². The first-order valence-electron chi connectivity index (χ1n) is 3.87. The molecule has 0 radical (unpaired) electrons. The molecule has 1 atom stereocenters. The summed E-state index contributed by atoms with van der Waals surface area (Å²) in [5, 5.41) is 8.44. The fraction of sp³-hybridized carbons (Fsp3) is 0.714. The molecule has 13 heavy (non-hydrogen) atoms. The molecule has 1 rings (SSSR count). The van der Waals surface area contributed by atoms with Gasteiger partial charge >= 0.3 is 5.97 Å². The molecule has 0 aromatic carbocycles. The minimum atomic E-state index is -0.988. The predicted octanol–water partition coefficient (Wildman–Crippen LogP) is -0.557. The van der Waals surface area contributed by atoms with Crippen LogP contribution < -0.4 is 5.73 Å². The van der Waals surface area contributed by atoms with E-state index in [4.69, 9.17) is 10.8 Å². The molecule has 1 aliphatic rings. The topological polar surface area (TPSA) is 83.6 Å². The molecular formula is C7H13ClN2O3. The summed E-state index contributed by atoms with van der Waals surface area (Å²) in [6, 6.07) is -0.502. The van der Waals surface area contributed by atoms with Gasteiger partial charge in [0.25, 0.3) is 0 Å². The molecule has 0 aromatic heterocycles. The van der Waals surface area contributed by atoms with Gasteiger partial charge < -0.3 is 15.7 Å². The molecule has 0 aliphatic carbocycles. The van der Waals surface area contributed by atoms with Crippen molar-refractivity contribution in [1.82, 2.24) is 4.90 Å². The Balaban J connectivity index is 0.00000144. The molecule has 76 valence electrons. The van der Waals surface area contributed by atoms with Crippen LogP contribution in [0.5, 0.6) is 0 Å². The summed E-state index contributed by atoms with van der Waals surface area (Å²) in [6.45, 7) is 0.283. The van der Waals surface area contributed by atoms with E-state index in [2.05, 4.69) is 0 Å². The molecule has 1 amide bonds. The van der Waals surface area contributed by atoms with Gasteiger partial charge in [-0.3, -0.25) is 9.59 Å². The van der Waals surface area contributed by atoms with Crippen LogP contribution in [-0.4, -0.2) is 41.0 Å². The van der Waals surface area contributed by atoms with Crippen LogP contribution in [0, 0.1) is 0 Å². The molecule has 6 heteroatoms. The van der Waals surface area contributed by atoms with E-state index in [9.17, 15) is 9.59 Å². The molecular weight excluding hydrogens is 196 g/mol. The van der Waals surface area contributed by atoms with E-state index < -0.39 is 12.0 Å². The van der Waals surface area contributed by atoms with Crippen molar-refractivity contribution in [2.24, 2.45) is 5.73 Å². The predicted molar refractivity (Wildman–Crippen MR) is 48.7 cm³/mol. The minimum Gasteiger partial charge on any atom is -0.480 e. The Morgan fingerprint density at radius 1 is 1.69 bits per heavy atom. The number of nitrogens with two attached hydrogens (primary N) is 1. The van der Waals surface area contributed by atoms with Gasteiger partial charge in [0.2, 0.25) is 5.91 Å².